The van der Waals surface area contributed by atoms with Crippen LogP contribution >= 0.6 is 36.2 Å². The summed E-state index contributed by atoms with van der Waals surface area (Å²) in [6.45, 7) is 1.98. The van der Waals surface area contributed by atoms with Gasteiger partial charge >= 0.3 is 0 Å². The fourth-order valence-corrected chi connectivity index (χ4v) is 3.37. The molecule has 20 heavy (non-hydrogen) atoms. The lowest BCUT2D eigenvalue weighted by Gasteiger charge is -2.35. The van der Waals surface area contributed by atoms with Crippen LogP contribution in [0.15, 0.2) is 24.3 Å². The first-order chi connectivity index (χ1) is 8.60. The van der Waals surface area contributed by atoms with Gasteiger partial charge in [-0.25, -0.2) is 9.37 Å². The number of nitrogens with zero attached hydrogens (tertiary/aromatic N) is 1. The van der Waals surface area contributed by atoms with Crippen LogP contribution < -0.4 is 5.73 Å². The molecule has 1 saturated carbocycles. The highest BCUT2D eigenvalue weighted by molar-refractivity contribution is 7.12. The standard InChI is InChI=1S/C14H15FN2S.2ClH/c1-9-12(10-5-2-3-6-11(10)15)17-13(18-9)14(16)7-4-8-14;;/h2-3,5-6H,4,7-8,16H2,1H3;2*1H. The molecule has 3 rings (SSSR count). The molecule has 1 aromatic carbocycles. The average molecular weight is 335 g/mol. The maximum Gasteiger partial charge on any atom is 0.132 e. The molecule has 110 valence electrons. The number of nitrogens with two attached hydrogens (primary N) is 1. The van der Waals surface area contributed by atoms with Gasteiger partial charge in [0, 0.05) is 10.4 Å². The van der Waals surface area contributed by atoms with Crippen LogP contribution in [0.25, 0.3) is 11.3 Å². The van der Waals surface area contributed by atoms with Gasteiger partial charge in [0.05, 0.1) is 11.2 Å². The maximum absolute atomic E-state index is 13.8. The summed E-state index contributed by atoms with van der Waals surface area (Å²) in [7, 11) is 0. The van der Waals surface area contributed by atoms with Gasteiger partial charge in [-0.15, -0.1) is 36.2 Å². The van der Waals surface area contributed by atoms with Crippen LogP contribution in [0.2, 0.25) is 0 Å². The molecular weight excluding hydrogens is 318 g/mol. The highest BCUT2D eigenvalue weighted by Gasteiger charge is 2.37. The van der Waals surface area contributed by atoms with Crippen LogP contribution in [-0.4, -0.2) is 4.98 Å². The van der Waals surface area contributed by atoms with Crippen molar-refractivity contribution in [3.05, 3.63) is 40.0 Å². The third kappa shape index (κ3) is 2.84. The number of thiazole rings is 1. The molecule has 0 saturated heterocycles. The summed E-state index contributed by atoms with van der Waals surface area (Å²) in [5.74, 6) is -0.225. The molecule has 2 N–H and O–H groups in total. The Morgan fingerprint density at radius 1 is 1.25 bits per heavy atom. The van der Waals surface area contributed by atoms with Gasteiger partial charge in [0.1, 0.15) is 10.8 Å². The minimum absolute atomic E-state index is 0. The van der Waals surface area contributed by atoms with Crippen LogP contribution in [0.4, 0.5) is 4.39 Å². The van der Waals surface area contributed by atoms with E-state index >= 15 is 0 Å². The van der Waals surface area contributed by atoms with E-state index in [-0.39, 0.29) is 36.2 Å². The van der Waals surface area contributed by atoms with Gasteiger partial charge < -0.3 is 5.73 Å². The molecule has 0 radical (unpaired) electrons. The van der Waals surface area contributed by atoms with Crippen molar-refractivity contribution in [3.63, 3.8) is 0 Å². The average Bonchev–Trinajstić information content (AvgIpc) is 2.69. The fourth-order valence-electron chi connectivity index (χ4n) is 2.28. The van der Waals surface area contributed by atoms with Gasteiger partial charge in [0.25, 0.3) is 0 Å². The van der Waals surface area contributed by atoms with Crippen LogP contribution in [0, 0.1) is 12.7 Å². The SMILES string of the molecule is Cc1sc(C2(N)CCC2)nc1-c1ccccc1F.Cl.Cl. The number of halogens is 3. The zero-order valence-electron chi connectivity index (χ0n) is 11.1. The largest absolute Gasteiger partial charge is 0.319 e. The molecule has 0 unspecified atom stereocenters. The summed E-state index contributed by atoms with van der Waals surface area (Å²) in [5, 5.41) is 0.949. The van der Waals surface area contributed by atoms with Crippen molar-refractivity contribution in [3.8, 4) is 11.3 Å². The summed E-state index contributed by atoms with van der Waals surface area (Å²) < 4.78 is 13.8. The van der Waals surface area contributed by atoms with Gasteiger partial charge in [-0.1, -0.05) is 12.1 Å². The van der Waals surface area contributed by atoms with E-state index < -0.39 is 0 Å². The van der Waals surface area contributed by atoms with Crippen molar-refractivity contribution in [2.75, 3.05) is 0 Å². The second-order valence-electron chi connectivity index (χ2n) is 4.91. The Bertz CT molecular complexity index is 597. The van der Waals surface area contributed by atoms with E-state index in [0.29, 0.717) is 5.56 Å². The molecule has 1 aromatic heterocycles. The van der Waals surface area contributed by atoms with E-state index in [1.165, 1.54) is 6.07 Å². The third-order valence-electron chi connectivity index (χ3n) is 3.60. The second kappa shape index (κ2) is 6.39. The molecule has 1 aliphatic carbocycles. The fraction of sp³-hybridized carbons (Fsp3) is 0.357. The topological polar surface area (TPSA) is 38.9 Å². The number of aromatic nitrogens is 1. The lowest BCUT2D eigenvalue weighted by Crippen LogP contribution is -2.43. The molecule has 0 bridgehead atoms. The molecule has 6 heteroatoms. The Balaban J connectivity index is 0.000001000. The Morgan fingerprint density at radius 3 is 2.45 bits per heavy atom. The van der Waals surface area contributed by atoms with Gasteiger partial charge in [-0.05, 0) is 38.3 Å². The third-order valence-corrected chi connectivity index (χ3v) is 4.79. The Hall–Kier alpha value is -0.680. The number of hydrogen-bond acceptors (Lipinski definition) is 3. The summed E-state index contributed by atoms with van der Waals surface area (Å²) in [6, 6.07) is 6.76. The van der Waals surface area contributed by atoms with Crippen molar-refractivity contribution < 1.29 is 4.39 Å². The highest BCUT2D eigenvalue weighted by atomic mass is 35.5. The molecule has 1 aliphatic rings. The quantitative estimate of drug-likeness (QED) is 0.881. The van der Waals surface area contributed by atoms with Crippen LogP contribution in [0.1, 0.15) is 29.1 Å². The number of rotatable bonds is 2. The van der Waals surface area contributed by atoms with Gasteiger partial charge in [0.2, 0.25) is 0 Å². The van der Waals surface area contributed by atoms with Crippen molar-refractivity contribution in [2.24, 2.45) is 5.73 Å². The first kappa shape index (κ1) is 17.4. The Morgan fingerprint density at radius 2 is 1.90 bits per heavy atom. The van der Waals surface area contributed by atoms with E-state index in [1.54, 1.807) is 23.5 Å². The summed E-state index contributed by atoms with van der Waals surface area (Å²) in [4.78, 5) is 5.62. The van der Waals surface area contributed by atoms with Crippen LogP contribution in [0.5, 0.6) is 0 Å². The van der Waals surface area contributed by atoms with Crippen molar-refractivity contribution >= 4 is 36.2 Å². The molecule has 0 amide bonds. The zero-order valence-corrected chi connectivity index (χ0v) is 13.5. The smallest absolute Gasteiger partial charge is 0.132 e. The molecule has 1 heterocycles. The summed E-state index contributed by atoms with van der Waals surface area (Å²) in [6.07, 6.45) is 3.12. The van der Waals surface area contributed by atoms with Gasteiger partial charge in [-0.3, -0.25) is 0 Å². The van der Waals surface area contributed by atoms with E-state index in [4.69, 9.17) is 5.73 Å². The molecule has 2 nitrogen and oxygen atoms in total. The van der Waals surface area contributed by atoms with Crippen LogP contribution in [0.3, 0.4) is 0 Å². The van der Waals surface area contributed by atoms with E-state index in [2.05, 4.69) is 4.98 Å². The normalized spacial score (nSPS) is 15.8. The van der Waals surface area contributed by atoms with E-state index in [0.717, 1.165) is 34.8 Å². The van der Waals surface area contributed by atoms with Gasteiger partial charge in [-0.2, -0.15) is 0 Å². The second-order valence-corrected chi connectivity index (χ2v) is 6.12. The molecule has 0 aliphatic heterocycles. The molecular formula is C14H17Cl2FN2S. The van der Waals surface area contributed by atoms with E-state index in [9.17, 15) is 4.39 Å². The lowest BCUT2D eigenvalue weighted by molar-refractivity contribution is 0.253. The number of aryl methyl sites for hydroxylation is 1. The number of benzene rings is 1. The monoisotopic (exact) mass is 334 g/mol. The maximum atomic E-state index is 13.8. The first-order valence-corrected chi connectivity index (χ1v) is 6.93. The van der Waals surface area contributed by atoms with Crippen molar-refractivity contribution in [2.45, 2.75) is 31.7 Å². The van der Waals surface area contributed by atoms with Crippen molar-refractivity contribution in [1.82, 2.24) is 4.98 Å². The Kier molecular flexibility index (Phi) is 5.55. The predicted molar refractivity (Wildman–Crippen MR) is 86.5 cm³/mol. The molecule has 0 spiro atoms. The predicted octanol–water partition coefficient (Wildman–Crippen LogP) is 4.44. The van der Waals surface area contributed by atoms with E-state index in [1.807, 2.05) is 13.0 Å². The summed E-state index contributed by atoms with van der Waals surface area (Å²) in [5.41, 5.74) is 7.32. The zero-order chi connectivity index (χ0) is 12.8. The minimum Gasteiger partial charge on any atom is -0.319 e. The molecule has 0 atom stereocenters. The van der Waals surface area contributed by atoms with Crippen molar-refractivity contribution in [1.29, 1.82) is 0 Å². The Labute approximate surface area is 134 Å². The molecule has 1 fully saturated rings. The lowest BCUT2D eigenvalue weighted by atomic mass is 9.78. The van der Waals surface area contributed by atoms with Crippen LogP contribution in [-0.2, 0) is 5.54 Å². The minimum atomic E-state index is -0.265. The summed E-state index contributed by atoms with van der Waals surface area (Å²) >= 11 is 1.60. The van der Waals surface area contributed by atoms with Gasteiger partial charge in [0.15, 0.2) is 0 Å². The highest BCUT2D eigenvalue weighted by Crippen LogP contribution is 2.42. The molecule has 2 aromatic rings. The first-order valence-electron chi connectivity index (χ1n) is 6.12. The number of hydrogen-bond donors (Lipinski definition) is 1.